The minimum atomic E-state index is -4.07. The van der Waals surface area contributed by atoms with Gasteiger partial charge in [-0.15, -0.1) is 6.42 Å². The van der Waals surface area contributed by atoms with Crippen molar-refractivity contribution in [3.63, 3.8) is 0 Å². The van der Waals surface area contributed by atoms with Crippen molar-refractivity contribution in [2.24, 2.45) is 5.92 Å². The standard InChI is InChI=1S/C30H37NO6S.C28H33N3O6S.C26H33NO8S/c1-5-24(26-10-9-25(20-22(2)3)23(4)21-26)8-6-7-17-37-27-11-13-28(14-12-27)38(34,35)30(29(32)31-33)15-18-36-19-16-30;1-36-24-9-5-21(6-10-24)22(20-29)4-2-3-19-37-25-11-13-26(14-12-25)38(34,35)28(27(32)30-33)15-17-31(18-16-28)23-7-8-23;1-19(23-12-9-21(32-2)18-24(23)33-3)6-4-5-15-35-20-7-10-22(11-8-20)36(30,31)26(25(28)27-29)13-16-34-17-14-26/h1,8-14,21-22,33H,6-7,15-20H2,2-4H3,(H,31,32);4-6,9-14,23,33H,2-3,7-8,15-19H2,1H3,(H,30,32);6-12,18,29H,4-5,13-17H2,1-3H3,(H,27,28)/b24-8+;22-4+;19-6+. The lowest BCUT2D eigenvalue weighted by atomic mass is 9.94. The van der Waals surface area contributed by atoms with Crippen molar-refractivity contribution in [2.75, 3.05) is 80.7 Å². The molecule has 1 saturated carbocycles. The lowest BCUT2D eigenvalue weighted by Gasteiger charge is -2.39. The van der Waals surface area contributed by atoms with E-state index >= 15 is 0 Å². The molecule has 3 heterocycles. The van der Waals surface area contributed by atoms with Crippen LogP contribution in [0.5, 0.6) is 34.5 Å². The first-order valence-corrected chi connectivity index (χ1v) is 41.8. The summed E-state index contributed by atoms with van der Waals surface area (Å²) < 4.78 is 119. The Balaban J connectivity index is 0.000000211. The molecule has 4 aliphatic rings. The second-order valence-electron chi connectivity index (χ2n) is 28.1. The Bertz CT molecular complexity index is 4680. The molecule has 0 bridgehead atoms. The first-order valence-electron chi connectivity index (χ1n) is 37.3. The molecule has 0 spiro atoms. The van der Waals surface area contributed by atoms with Crippen molar-refractivity contribution in [2.45, 2.75) is 159 Å². The number of ether oxygens (including phenoxy) is 8. The van der Waals surface area contributed by atoms with Crippen LogP contribution in [0.3, 0.4) is 0 Å². The van der Waals surface area contributed by atoms with E-state index in [0.29, 0.717) is 80.5 Å². The minimum absolute atomic E-state index is 0.00709. The molecule has 0 aromatic heterocycles. The molecule has 6 aromatic rings. The van der Waals surface area contributed by atoms with E-state index in [0.717, 1.165) is 90.0 Å². The van der Waals surface area contributed by atoms with E-state index in [1.54, 1.807) is 63.2 Å². The maximum Gasteiger partial charge on any atom is 0.265 e. The van der Waals surface area contributed by atoms with Gasteiger partial charge in [0.25, 0.3) is 17.7 Å². The number of carbonyl (C=O) groups is 3. The van der Waals surface area contributed by atoms with Crippen LogP contribution in [0.1, 0.15) is 138 Å². The second kappa shape index (κ2) is 41.3. The zero-order valence-corrected chi connectivity index (χ0v) is 67.0. The number of rotatable bonds is 33. The molecule has 112 heavy (non-hydrogen) atoms. The second-order valence-corrected chi connectivity index (χ2v) is 34.9. The Kier molecular flexibility index (Phi) is 32.4. The number of nitrogens with one attached hydrogen (secondary N) is 3. The van der Waals surface area contributed by atoms with Crippen molar-refractivity contribution in [3.8, 4) is 52.9 Å². The Hall–Kier alpha value is -9.59. The van der Waals surface area contributed by atoms with Gasteiger partial charge in [0.1, 0.15) is 34.5 Å². The van der Waals surface area contributed by atoms with Gasteiger partial charge in [0, 0.05) is 62.8 Å². The number of benzene rings is 6. The molecule has 0 atom stereocenters. The Labute approximate surface area is 657 Å². The lowest BCUT2D eigenvalue weighted by molar-refractivity contribution is -0.135. The summed E-state index contributed by atoms with van der Waals surface area (Å²) in [5.41, 5.74) is 12.6. The summed E-state index contributed by atoms with van der Waals surface area (Å²) in [6, 6.07) is 40.1. The number of aryl methyl sites for hydroxylation is 1. The SMILES string of the molecule is C#C/C(=C\CCCOc1ccc(S(=O)(=O)C2(C(=O)NO)CCOCC2)cc1)c1ccc(CC(C)C)c(C)c1.COc1ccc(/C(C#N)=C/CCCOc2ccc(S(=O)(=O)C3(C(=O)NO)CCN(C4CC4)CC3)cc2)cc1.COc1ccc(/C(C)=C/CCCOc2ccc(S(=O)(=O)C3(C(=O)NO)CCOCC3)cc2)c(OC)c1. The molecule has 3 saturated heterocycles. The fraction of sp³-hybridized carbons (Fsp3) is 0.429. The molecule has 6 N–H and O–H groups in total. The number of likely N-dealkylation sites (tertiary alicyclic amines) is 1. The topological polar surface area (TPSA) is 351 Å². The third-order valence-electron chi connectivity index (χ3n) is 20.6. The number of methoxy groups -OCH3 is 3. The number of nitrogens with zero attached hydrogens (tertiary/aromatic N) is 2. The molecule has 4 fully saturated rings. The number of nitriles is 1. The van der Waals surface area contributed by atoms with Gasteiger partial charge >= 0.3 is 0 Å². The predicted molar refractivity (Wildman–Crippen MR) is 423 cm³/mol. The maximum absolute atomic E-state index is 13.6. The number of unbranched alkanes of at least 4 members (excludes halogenated alkanes) is 3. The first-order chi connectivity index (χ1) is 53.8. The van der Waals surface area contributed by atoms with E-state index in [9.17, 15) is 55.3 Å². The number of sulfone groups is 3. The third-order valence-corrected chi connectivity index (χ3v) is 28.1. The number of terminal acetylenes is 1. The van der Waals surface area contributed by atoms with Gasteiger partial charge in [-0.25, -0.2) is 41.7 Å². The average Bonchev–Trinajstić information content (AvgIpc) is 1.16. The monoisotopic (exact) mass is 1600 g/mol. The van der Waals surface area contributed by atoms with Gasteiger partial charge in [0.05, 0.1) is 67.5 Å². The molecular weight excluding hydrogens is 1500 g/mol. The highest BCUT2D eigenvalue weighted by molar-refractivity contribution is 7.94. The molecule has 0 unspecified atom stereocenters. The van der Waals surface area contributed by atoms with E-state index in [1.807, 2.05) is 61.5 Å². The summed E-state index contributed by atoms with van der Waals surface area (Å²) in [5, 5.41) is 37.1. The van der Waals surface area contributed by atoms with Crippen molar-refractivity contribution in [3.05, 3.63) is 180 Å². The Morgan fingerprint density at radius 3 is 1.31 bits per heavy atom. The highest BCUT2D eigenvalue weighted by Crippen LogP contribution is 2.42. The summed E-state index contributed by atoms with van der Waals surface area (Å²) in [6.07, 6.45) is 19.5. The molecule has 602 valence electrons. The van der Waals surface area contributed by atoms with E-state index in [1.165, 1.54) is 58.5 Å². The number of amides is 3. The van der Waals surface area contributed by atoms with Gasteiger partial charge in [0.2, 0.25) is 0 Å². The van der Waals surface area contributed by atoms with Crippen LogP contribution >= 0.6 is 0 Å². The summed E-state index contributed by atoms with van der Waals surface area (Å²) in [6.45, 7) is 11.3. The van der Waals surface area contributed by atoms with Gasteiger partial charge in [-0.3, -0.25) is 30.0 Å². The number of carbonyl (C=O) groups excluding carboxylic acids is 3. The first kappa shape index (κ1) is 88.0. The molecule has 3 amide bonds. The fourth-order valence-electron chi connectivity index (χ4n) is 13.7. The van der Waals surface area contributed by atoms with Crippen LogP contribution < -0.4 is 44.9 Å². The smallest absolute Gasteiger partial charge is 0.265 e. The number of piperidine rings is 1. The van der Waals surface area contributed by atoms with Crippen LogP contribution in [0.25, 0.3) is 16.7 Å². The largest absolute Gasteiger partial charge is 0.497 e. The number of hydroxylamine groups is 3. The van der Waals surface area contributed by atoms with Crippen LogP contribution in [0, 0.1) is 36.5 Å². The van der Waals surface area contributed by atoms with E-state index in [4.69, 9.17) is 49.5 Å². The van der Waals surface area contributed by atoms with Crippen LogP contribution in [0.4, 0.5) is 0 Å². The lowest BCUT2D eigenvalue weighted by Crippen LogP contribution is -2.58. The Morgan fingerprint density at radius 2 is 0.938 bits per heavy atom. The summed E-state index contributed by atoms with van der Waals surface area (Å²) >= 11 is 0. The van der Waals surface area contributed by atoms with Crippen LogP contribution in [0.15, 0.2) is 166 Å². The highest BCUT2D eigenvalue weighted by Gasteiger charge is 2.55. The van der Waals surface area contributed by atoms with Crippen LogP contribution in [-0.2, 0) is 59.8 Å². The molecular formula is C84H103N5O20S3. The zero-order chi connectivity index (χ0) is 81.1. The highest BCUT2D eigenvalue weighted by atomic mass is 32.2. The van der Waals surface area contributed by atoms with Crippen molar-refractivity contribution < 1.29 is 93.2 Å². The molecule has 1 aliphatic carbocycles. The van der Waals surface area contributed by atoms with E-state index in [-0.39, 0.29) is 79.6 Å². The minimum Gasteiger partial charge on any atom is -0.497 e. The van der Waals surface area contributed by atoms with E-state index in [2.05, 4.69) is 61.9 Å². The van der Waals surface area contributed by atoms with Crippen LogP contribution in [0.2, 0.25) is 0 Å². The molecule has 0 radical (unpaired) electrons. The Morgan fingerprint density at radius 1 is 0.545 bits per heavy atom. The average molecular weight is 1600 g/mol. The summed E-state index contributed by atoms with van der Waals surface area (Å²) in [4.78, 5) is 39.6. The zero-order valence-electron chi connectivity index (χ0n) is 64.5. The third kappa shape index (κ3) is 21.6. The molecule has 28 heteroatoms. The van der Waals surface area contributed by atoms with Crippen molar-refractivity contribution in [1.29, 1.82) is 5.26 Å². The molecule has 10 rings (SSSR count). The van der Waals surface area contributed by atoms with Gasteiger partial charge in [0.15, 0.2) is 43.8 Å². The van der Waals surface area contributed by atoms with Gasteiger partial charge in [-0.1, -0.05) is 56.2 Å². The molecule has 3 aliphatic heterocycles. The van der Waals surface area contributed by atoms with Gasteiger partial charge in [-0.2, -0.15) is 5.26 Å². The fourth-order valence-corrected chi connectivity index (χ4v) is 19.6. The number of hydrogen-bond donors (Lipinski definition) is 6. The van der Waals surface area contributed by atoms with E-state index < -0.39 is 61.5 Å². The van der Waals surface area contributed by atoms with Crippen LogP contribution in [-0.4, -0.2) is 164 Å². The quantitative estimate of drug-likeness (QED) is 0.00733. The summed E-state index contributed by atoms with van der Waals surface area (Å²) in [7, 11) is -7.35. The maximum atomic E-state index is 13.6. The number of allylic oxidation sites excluding steroid dienone is 6. The predicted octanol–water partition coefficient (Wildman–Crippen LogP) is 12.4. The van der Waals surface area contributed by atoms with Gasteiger partial charge in [-0.05, 0) is 253 Å². The number of hydrogen-bond acceptors (Lipinski definition) is 22. The normalized spacial score (nSPS) is 16.4. The van der Waals surface area contributed by atoms with Crippen molar-refractivity contribution >= 4 is 64.0 Å². The molecule has 6 aromatic carbocycles. The van der Waals surface area contributed by atoms with Gasteiger partial charge < -0.3 is 42.8 Å². The molecule has 25 nitrogen and oxygen atoms in total. The summed E-state index contributed by atoms with van der Waals surface area (Å²) in [5.74, 6) is 4.38. The van der Waals surface area contributed by atoms with Crippen molar-refractivity contribution in [1.82, 2.24) is 21.3 Å².